The van der Waals surface area contributed by atoms with Gasteiger partial charge in [0.05, 0.1) is 12.0 Å². The summed E-state index contributed by atoms with van der Waals surface area (Å²) in [7, 11) is 0. The van der Waals surface area contributed by atoms with E-state index in [2.05, 4.69) is 34.5 Å². The Morgan fingerprint density at radius 1 is 1.14 bits per heavy atom. The smallest absolute Gasteiger partial charge is 0.239 e. The Labute approximate surface area is 167 Å². The standard InChI is InChI=1S/C23H31N3O2/c27-21-16-25(12-4-11-24-21)22(28)23(13-17-5-2-1-3-6-17)14-19-9-10-20(23)26(19)15-18-7-8-18/h1-3,5-6,18-20H,4,7-16H2,(H,24,27)/t19-,20+,23+/m0/s1. The van der Waals surface area contributed by atoms with E-state index in [9.17, 15) is 9.59 Å². The fourth-order valence-corrected chi connectivity index (χ4v) is 5.93. The molecule has 0 unspecified atom stereocenters. The number of nitrogens with one attached hydrogen (secondary N) is 1. The Balaban J connectivity index is 1.46. The zero-order chi connectivity index (χ0) is 19.1. The van der Waals surface area contributed by atoms with E-state index < -0.39 is 0 Å². The summed E-state index contributed by atoms with van der Waals surface area (Å²) in [5.74, 6) is 1.05. The van der Waals surface area contributed by atoms with Crippen molar-refractivity contribution >= 4 is 11.8 Å². The van der Waals surface area contributed by atoms with Gasteiger partial charge in [0.1, 0.15) is 0 Å². The monoisotopic (exact) mass is 381 g/mol. The lowest BCUT2D eigenvalue weighted by molar-refractivity contribution is -0.146. The van der Waals surface area contributed by atoms with Crippen molar-refractivity contribution in [2.45, 2.75) is 57.0 Å². The molecule has 28 heavy (non-hydrogen) atoms. The summed E-state index contributed by atoms with van der Waals surface area (Å²) >= 11 is 0. The third-order valence-electron chi connectivity index (χ3n) is 7.38. The van der Waals surface area contributed by atoms with Crippen molar-refractivity contribution in [3.8, 4) is 0 Å². The van der Waals surface area contributed by atoms with Gasteiger partial charge in [-0.3, -0.25) is 14.5 Å². The molecule has 5 nitrogen and oxygen atoms in total. The molecule has 1 aromatic carbocycles. The second kappa shape index (κ2) is 7.18. The fraction of sp³-hybridized carbons (Fsp3) is 0.652. The lowest BCUT2D eigenvalue weighted by atomic mass is 9.69. The number of carbonyl (C=O) groups is 2. The van der Waals surface area contributed by atoms with Gasteiger partial charge in [0.2, 0.25) is 11.8 Å². The molecule has 0 radical (unpaired) electrons. The van der Waals surface area contributed by atoms with Gasteiger partial charge in [-0.15, -0.1) is 0 Å². The molecule has 4 fully saturated rings. The Hall–Kier alpha value is -1.88. The quantitative estimate of drug-likeness (QED) is 0.851. The van der Waals surface area contributed by atoms with Crippen LogP contribution in [0.4, 0.5) is 0 Å². The highest BCUT2D eigenvalue weighted by Crippen LogP contribution is 2.53. The second-order valence-corrected chi connectivity index (χ2v) is 9.34. The number of hydrogen-bond acceptors (Lipinski definition) is 3. The van der Waals surface area contributed by atoms with Crippen LogP contribution in [0.2, 0.25) is 0 Å². The average molecular weight is 382 g/mol. The number of rotatable bonds is 5. The molecule has 3 aliphatic heterocycles. The third-order valence-corrected chi connectivity index (χ3v) is 7.38. The Kier molecular flexibility index (Phi) is 4.66. The van der Waals surface area contributed by atoms with Crippen LogP contribution in [0.25, 0.3) is 0 Å². The van der Waals surface area contributed by atoms with Crippen molar-refractivity contribution in [3.05, 3.63) is 35.9 Å². The van der Waals surface area contributed by atoms with Crippen LogP contribution in [-0.4, -0.2) is 59.9 Å². The van der Waals surface area contributed by atoms with Crippen LogP contribution in [0.1, 0.15) is 44.1 Å². The van der Waals surface area contributed by atoms with E-state index in [1.807, 2.05) is 11.0 Å². The predicted molar refractivity (Wildman–Crippen MR) is 108 cm³/mol. The number of benzene rings is 1. The van der Waals surface area contributed by atoms with Gasteiger partial charge < -0.3 is 10.2 Å². The van der Waals surface area contributed by atoms with Gasteiger partial charge in [-0.25, -0.2) is 0 Å². The minimum Gasteiger partial charge on any atom is -0.354 e. The SMILES string of the molecule is O=C1CN(C(=O)[C@]2(Cc3ccccc3)C[C@@H]3CC[C@H]2N3CC2CC2)CCCN1. The highest BCUT2D eigenvalue weighted by atomic mass is 16.2. The van der Waals surface area contributed by atoms with E-state index in [4.69, 9.17) is 0 Å². The lowest BCUT2D eigenvalue weighted by Crippen LogP contribution is -2.53. The van der Waals surface area contributed by atoms with Gasteiger partial charge in [-0.2, -0.15) is 0 Å². The molecule has 1 saturated carbocycles. The van der Waals surface area contributed by atoms with Gasteiger partial charge >= 0.3 is 0 Å². The molecule has 5 heteroatoms. The minimum atomic E-state index is -0.371. The summed E-state index contributed by atoms with van der Waals surface area (Å²) < 4.78 is 0. The summed E-state index contributed by atoms with van der Waals surface area (Å²) in [6.45, 7) is 2.75. The maximum atomic E-state index is 14.0. The first kappa shape index (κ1) is 18.2. The highest BCUT2D eigenvalue weighted by molar-refractivity contribution is 5.89. The van der Waals surface area contributed by atoms with Crippen LogP contribution < -0.4 is 5.32 Å². The second-order valence-electron chi connectivity index (χ2n) is 9.34. The molecule has 3 atom stereocenters. The molecule has 5 rings (SSSR count). The molecule has 3 heterocycles. The summed E-state index contributed by atoms with van der Waals surface area (Å²) in [5.41, 5.74) is 0.873. The van der Waals surface area contributed by atoms with E-state index in [0.717, 1.165) is 31.6 Å². The molecule has 0 aromatic heterocycles. The fourth-order valence-electron chi connectivity index (χ4n) is 5.93. The first-order valence-electron chi connectivity index (χ1n) is 11.0. The highest BCUT2D eigenvalue weighted by Gasteiger charge is 2.60. The first-order chi connectivity index (χ1) is 13.7. The molecular formula is C23H31N3O2. The Morgan fingerprint density at radius 3 is 2.75 bits per heavy atom. The molecule has 2 amide bonds. The molecule has 4 aliphatic rings. The maximum absolute atomic E-state index is 14.0. The molecule has 150 valence electrons. The first-order valence-corrected chi connectivity index (χ1v) is 11.0. The van der Waals surface area contributed by atoms with Gasteiger partial charge in [-0.1, -0.05) is 30.3 Å². The maximum Gasteiger partial charge on any atom is 0.239 e. The van der Waals surface area contributed by atoms with E-state index in [1.165, 1.54) is 31.4 Å². The zero-order valence-corrected chi connectivity index (χ0v) is 16.6. The van der Waals surface area contributed by atoms with E-state index in [1.54, 1.807) is 0 Å². The van der Waals surface area contributed by atoms with Crippen molar-refractivity contribution in [2.24, 2.45) is 11.3 Å². The number of fused-ring (bicyclic) bond motifs is 2. The zero-order valence-electron chi connectivity index (χ0n) is 16.6. The Bertz CT molecular complexity index is 747. The van der Waals surface area contributed by atoms with Crippen LogP contribution in [0, 0.1) is 11.3 Å². The molecular weight excluding hydrogens is 350 g/mol. The van der Waals surface area contributed by atoms with Gasteiger partial charge in [0.25, 0.3) is 0 Å². The van der Waals surface area contributed by atoms with Crippen LogP contribution >= 0.6 is 0 Å². The van der Waals surface area contributed by atoms with Crippen molar-refractivity contribution in [2.75, 3.05) is 26.2 Å². The van der Waals surface area contributed by atoms with E-state index in [-0.39, 0.29) is 23.8 Å². The molecule has 1 aromatic rings. The number of carbonyl (C=O) groups excluding carboxylic acids is 2. The lowest BCUT2D eigenvalue weighted by Gasteiger charge is -2.40. The van der Waals surface area contributed by atoms with Crippen LogP contribution in [0.3, 0.4) is 0 Å². The van der Waals surface area contributed by atoms with Crippen molar-refractivity contribution in [1.82, 2.24) is 15.1 Å². The van der Waals surface area contributed by atoms with Crippen molar-refractivity contribution in [3.63, 3.8) is 0 Å². The third kappa shape index (κ3) is 3.24. The van der Waals surface area contributed by atoms with Crippen molar-refractivity contribution < 1.29 is 9.59 Å². The number of hydrogen-bond donors (Lipinski definition) is 1. The summed E-state index contributed by atoms with van der Waals surface area (Å²) in [6, 6.07) is 11.4. The average Bonchev–Trinajstić information content (AvgIpc) is 3.43. The van der Waals surface area contributed by atoms with Crippen LogP contribution in [0.15, 0.2) is 30.3 Å². The number of amides is 2. The molecule has 0 spiro atoms. The van der Waals surface area contributed by atoms with Gasteiger partial charge in [0, 0.05) is 31.7 Å². The van der Waals surface area contributed by atoms with Gasteiger partial charge in [-0.05, 0) is 56.4 Å². The minimum absolute atomic E-state index is 0.0151. The molecule has 1 aliphatic carbocycles. The largest absolute Gasteiger partial charge is 0.354 e. The summed E-state index contributed by atoms with van der Waals surface area (Å²) in [4.78, 5) is 30.7. The van der Waals surface area contributed by atoms with Crippen LogP contribution in [0.5, 0.6) is 0 Å². The van der Waals surface area contributed by atoms with Crippen molar-refractivity contribution in [1.29, 1.82) is 0 Å². The van der Waals surface area contributed by atoms with Crippen LogP contribution in [-0.2, 0) is 16.0 Å². The Morgan fingerprint density at radius 2 is 1.96 bits per heavy atom. The van der Waals surface area contributed by atoms with Gasteiger partial charge in [0.15, 0.2) is 0 Å². The van der Waals surface area contributed by atoms with E-state index >= 15 is 0 Å². The van der Waals surface area contributed by atoms with E-state index in [0.29, 0.717) is 25.2 Å². The summed E-state index contributed by atoms with van der Waals surface area (Å²) in [6.07, 6.45) is 7.64. The molecule has 3 saturated heterocycles. The molecule has 2 bridgehead atoms. The predicted octanol–water partition coefficient (Wildman–Crippen LogP) is 2.21. The number of nitrogens with zero attached hydrogens (tertiary/aromatic N) is 2. The summed E-state index contributed by atoms with van der Waals surface area (Å²) in [5, 5.41) is 2.92. The topological polar surface area (TPSA) is 52.7 Å². The molecule has 1 N–H and O–H groups in total. The normalized spacial score (nSPS) is 33.0.